The number of carbonyl (C=O) groups excluding carboxylic acids is 3. The number of rotatable bonds is 5. The van der Waals surface area contributed by atoms with E-state index < -0.39 is 29.2 Å². The smallest absolute Gasteiger partial charge is 0.408 e. The van der Waals surface area contributed by atoms with Crippen molar-refractivity contribution in [3.05, 3.63) is 23.8 Å². The number of amides is 3. The number of hydrogen-bond donors (Lipinski definition) is 2. The van der Waals surface area contributed by atoms with Crippen LogP contribution in [0.25, 0.3) is 0 Å². The summed E-state index contributed by atoms with van der Waals surface area (Å²) in [5.41, 5.74) is 5.19. The summed E-state index contributed by atoms with van der Waals surface area (Å²) in [6.07, 6.45) is 0.291. The number of methoxy groups -OCH3 is 1. The lowest BCUT2D eigenvalue weighted by Crippen LogP contribution is -2.58. The number of ether oxygens (including phenoxy) is 4. The van der Waals surface area contributed by atoms with Crippen molar-refractivity contribution in [1.82, 2.24) is 10.2 Å². The first kappa shape index (κ1) is 27.0. The molecule has 3 aliphatic rings. The van der Waals surface area contributed by atoms with E-state index in [0.717, 1.165) is 23.5 Å². The second kappa shape index (κ2) is 10.0. The molecule has 0 spiro atoms. The van der Waals surface area contributed by atoms with Gasteiger partial charge in [-0.3, -0.25) is 9.59 Å². The Morgan fingerprint density at radius 1 is 1.27 bits per heavy atom. The number of nitrogens with one attached hydrogen (secondary N) is 1. The van der Waals surface area contributed by atoms with Crippen molar-refractivity contribution in [3.8, 4) is 11.5 Å². The number of piperidine rings is 1. The fourth-order valence-corrected chi connectivity index (χ4v) is 5.68. The van der Waals surface area contributed by atoms with Crippen molar-refractivity contribution < 1.29 is 33.3 Å². The fraction of sp³-hybridized carbons (Fsp3) is 0.667. The number of alkyl carbamates (subject to hydrolysis) is 1. The summed E-state index contributed by atoms with van der Waals surface area (Å²) in [5, 5.41) is 2.54. The Kier molecular flexibility index (Phi) is 7.34. The molecule has 0 unspecified atom stereocenters. The highest BCUT2D eigenvalue weighted by Crippen LogP contribution is 2.53. The summed E-state index contributed by atoms with van der Waals surface area (Å²) >= 11 is 0. The van der Waals surface area contributed by atoms with Crippen molar-refractivity contribution in [2.24, 2.45) is 17.6 Å². The highest BCUT2D eigenvalue weighted by molar-refractivity contribution is 5.90. The third-order valence-corrected chi connectivity index (χ3v) is 7.41. The second-order valence-corrected chi connectivity index (χ2v) is 11.7. The highest BCUT2D eigenvalue weighted by Gasteiger charge is 2.52. The summed E-state index contributed by atoms with van der Waals surface area (Å²) in [5.74, 6) is 0.674. The zero-order valence-corrected chi connectivity index (χ0v) is 22.5. The number of hydrogen-bond acceptors (Lipinski definition) is 7. The van der Waals surface area contributed by atoms with Gasteiger partial charge >= 0.3 is 6.09 Å². The second-order valence-electron chi connectivity index (χ2n) is 11.7. The number of fused-ring (bicyclic) bond motifs is 4. The normalized spacial score (nSPS) is 26.9. The molecule has 1 aromatic rings. The van der Waals surface area contributed by atoms with Crippen LogP contribution < -0.4 is 20.5 Å². The van der Waals surface area contributed by atoms with E-state index in [-0.39, 0.29) is 36.4 Å². The van der Waals surface area contributed by atoms with Crippen LogP contribution in [0.2, 0.25) is 0 Å². The Labute approximate surface area is 218 Å². The molecule has 5 atom stereocenters. The van der Waals surface area contributed by atoms with Crippen LogP contribution in [-0.4, -0.2) is 66.4 Å². The molecule has 4 rings (SSSR count). The molecule has 3 aliphatic heterocycles. The Hall–Kier alpha value is -3.01. The zero-order chi connectivity index (χ0) is 27.1. The van der Waals surface area contributed by atoms with Crippen LogP contribution in [0.3, 0.4) is 0 Å². The minimum atomic E-state index is -1.09. The molecular weight excluding hydrogens is 478 g/mol. The Bertz CT molecular complexity index is 1050. The molecule has 3 N–H and O–H groups in total. The molecule has 37 heavy (non-hydrogen) atoms. The molecule has 0 saturated carbocycles. The van der Waals surface area contributed by atoms with Crippen LogP contribution in [0.1, 0.15) is 65.5 Å². The van der Waals surface area contributed by atoms with Crippen LogP contribution in [0.5, 0.6) is 11.5 Å². The molecule has 2 saturated heterocycles. The number of likely N-dealkylation sites (tertiary alicyclic amines) is 1. The van der Waals surface area contributed by atoms with E-state index in [1.165, 1.54) is 0 Å². The minimum Gasteiger partial charge on any atom is -0.497 e. The third kappa shape index (κ3) is 5.95. The van der Waals surface area contributed by atoms with Gasteiger partial charge in [-0.2, -0.15) is 0 Å². The average molecular weight is 518 g/mol. The van der Waals surface area contributed by atoms with Crippen molar-refractivity contribution in [1.29, 1.82) is 0 Å². The first-order valence-corrected chi connectivity index (χ1v) is 12.9. The lowest BCUT2D eigenvalue weighted by molar-refractivity contribution is -0.189. The van der Waals surface area contributed by atoms with Crippen molar-refractivity contribution in [3.63, 3.8) is 0 Å². The van der Waals surface area contributed by atoms with Gasteiger partial charge in [-0.25, -0.2) is 4.79 Å². The maximum absolute atomic E-state index is 13.4. The largest absolute Gasteiger partial charge is 0.497 e. The van der Waals surface area contributed by atoms with Crippen LogP contribution in [0, 0.1) is 11.8 Å². The lowest BCUT2D eigenvalue weighted by Gasteiger charge is -2.53. The number of nitrogens with zero attached hydrogens (tertiary/aromatic N) is 1. The lowest BCUT2D eigenvalue weighted by atomic mass is 9.70. The molecule has 0 aliphatic carbocycles. The number of benzene rings is 1. The minimum absolute atomic E-state index is 0.0115. The molecule has 1 aromatic carbocycles. The fourth-order valence-electron chi connectivity index (χ4n) is 5.68. The summed E-state index contributed by atoms with van der Waals surface area (Å²) in [4.78, 5) is 39.1. The third-order valence-electron chi connectivity index (χ3n) is 7.41. The van der Waals surface area contributed by atoms with E-state index in [9.17, 15) is 14.4 Å². The van der Waals surface area contributed by atoms with Gasteiger partial charge in [0.1, 0.15) is 28.7 Å². The van der Waals surface area contributed by atoms with Gasteiger partial charge in [-0.1, -0.05) is 0 Å². The molecule has 0 bridgehead atoms. The van der Waals surface area contributed by atoms with Crippen molar-refractivity contribution in [2.75, 3.05) is 20.2 Å². The van der Waals surface area contributed by atoms with E-state index in [2.05, 4.69) is 19.2 Å². The molecule has 204 valence electrons. The van der Waals surface area contributed by atoms with Crippen LogP contribution in [0.4, 0.5) is 4.79 Å². The summed E-state index contributed by atoms with van der Waals surface area (Å²) in [6, 6.07) is 4.75. The van der Waals surface area contributed by atoms with Gasteiger partial charge in [0.05, 0.1) is 25.7 Å². The Balaban J connectivity index is 1.48. The van der Waals surface area contributed by atoms with E-state index in [1.54, 1.807) is 32.8 Å². The molecule has 2 fully saturated rings. The highest BCUT2D eigenvalue weighted by atomic mass is 16.6. The van der Waals surface area contributed by atoms with Gasteiger partial charge in [-0.05, 0) is 59.6 Å². The predicted octanol–water partition coefficient (Wildman–Crippen LogP) is 2.93. The molecule has 10 nitrogen and oxygen atoms in total. The van der Waals surface area contributed by atoms with Gasteiger partial charge in [0.25, 0.3) is 0 Å². The van der Waals surface area contributed by atoms with E-state index in [0.29, 0.717) is 19.5 Å². The van der Waals surface area contributed by atoms with Gasteiger partial charge in [0.15, 0.2) is 0 Å². The Morgan fingerprint density at radius 3 is 2.65 bits per heavy atom. The quantitative estimate of drug-likeness (QED) is 0.614. The SMILES string of the molecule is COc1ccc2c(c1)OC(C)(C)[C@H]1C[C@@H]3CN(C(=O)[C@H](CC(N)=O)NC(=O)OC(C)(C)C)CC[C@@H]3O[C@H]21. The van der Waals surface area contributed by atoms with Gasteiger partial charge in [0.2, 0.25) is 11.8 Å². The van der Waals surface area contributed by atoms with Crippen LogP contribution in [0.15, 0.2) is 18.2 Å². The first-order chi connectivity index (χ1) is 17.3. The molecule has 3 heterocycles. The summed E-state index contributed by atoms with van der Waals surface area (Å²) < 4.78 is 23.7. The number of carbonyl (C=O) groups is 3. The van der Waals surface area contributed by atoms with Crippen LogP contribution >= 0.6 is 0 Å². The van der Waals surface area contributed by atoms with E-state index in [4.69, 9.17) is 24.7 Å². The molecule has 10 heteroatoms. The van der Waals surface area contributed by atoms with Crippen LogP contribution in [-0.2, 0) is 19.1 Å². The molecule has 0 radical (unpaired) electrons. The van der Waals surface area contributed by atoms with Crippen molar-refractivity contribution in [2.45, 2.75) is 83.3 Å². The van der Waals surface area contributed by atoms with Gasteiger partial charge in [-0.15, -0.1) is 0 Å². The maximum atomic E-state index is 13.4. The monoisotopic (exact) mass is 517 g/mol. The molecule has 3 amide bonds. The van der Waals surface area contributed by atoms with E-state index in [1.807, 2.05) is 18.2 Å². The predicted molar refractivity (Wildman–Crippen MR) is 135 cm³/mol. The summed E-state index contributed by atoms with van der Waals surface area (Å²) in [7, 11) is 1.63. The van der Waals surface area contributed by atoms with Crippen molar-refractivity contribution >= 4 is 17.9 Å². The van der Waals surface area contributed by atoms with Gasteiger partial charge in [0, 0.05) is 36.6 Å². The Morgan fingerprint density at radius 2 is 2.00 bits per heavy atom. The van der Waals surface area contributed by atoms with Gasteiger partial charge < -0.3 is 34.9 Å². The molecule has 0 aromatic heterocycles. The average Bonchev–Trinajstić information content (AvgIpc) is 2.79. The number of primary amides is 1. The zero-order valence-electron chi connectivity index (χ0n) is 22.5. The van der Waals surface area contributed by atoms with E-state index >= 15 is 0 Å². The number of nitrogens with two attached hydrogens (primary N) is 1. The summed E-state index contributed by atoms with van der Waals surface area (Å²) in [6.45, 7) is 10.2. The topological polar surface area (TPSA) is 129 Å². The maximum Gasteiger partial charge on any atom is 0.408 e. The molecular formula is C27H39N3O7. The standard InChI is InChI=1S/C27H39N3O7/c1-26(2,3)37-25(33)29-19(13-22(28)31)24(32)30-10-9-20-15(14-30)11-18-23(35-20)17-8-7-16(34-6)12-21(17)36-27(18,4)5/h7-8,12,15,18-20,23H,9-11,13-14H2,1-6H3,(H2,28,31)(H,29,33)/t15-,18+,19+,20+,23-/m1/s1. The first-order valence-electron chi connectivity index (χ1n) is 12.9.